The third-order valence-electron chi connectivity index (χ3n) is 6.54. The fraction of sp³-hybridized carbons (Fsp3) is 0.640. The molecular formula is C25H36O5S. The Kier molecular flexibility index (Phi) is 9.32. The van der Waals surface area contributed by atoms with E-state index >= 15 is 0 Å². The number of carbonyl (C=O) groups excluding carboxylic acids is 1. The Morgan fingerprint density at radius 1 is 1.10 bits per heavy atom. The minimum atomic E-state index is -0.536. The lowest BCUT2D eigenvalue weighted by Gasteiger charge is -2.24. The molecule has 1 aliphatic carbocycles. The van der Waals surface area contributed by atoms with Crippen LogP contribution in [0, 0.1) is 11.8 Å². The number of fused-ring (bicyclic) bond motifs is 1. The number of carbonyl (C=O) groups is 1. The summed E-state index contributed by atoms with van der Waals surface area (Å²) < 4.78 is 6.12. The molecule has 5 nitrogen and oxygen atoms in total. The molecule has 5 atom stereocenters. The van der Waals surface area contributed by atoms with Crippen molar-refractivity contribution >= 4 is 27.4 Å². The maximum atomic E-state index is 11.4. The molecule has 1 unspecified atom stereocenters. The van der Waals surface area contributed by atoms with Crippen LogP contribution in [-0.4, -0.2) is 40.1 Å². The van der Waals surface area contributed by atoms with Gasteiger partial charge in [-0.05, 0) is 68.4 Å². The number of ether oxygens (including phenoxy) is 1. The molecule has 0 radical (unpaired) electrons. The Hall–Kier alpha value is -1.47. The molecule has 1 heterocycles. The summed E-state index contributed by atoms with van der Waals surface area (Å²) in [5.74, 6) is -0.0256. The molecule has 172 valence electrons. The summed E-state index contributed by atoms with van der Waals surface area (Å²) in [6, 6.07) is 10.2. The summed E-state index contributed by atoms with van der Waals surface area (Å²) in [6.07, 6.45) is 5.36. The molecule has 6 heteroatoms. The highest BCUT2D eigenvalue weighted by Gasteiger charge is 2.40. The highest BCUT2D eigenvalue weighted by Crippen LogP contribution is 2.41. The van der Waals surface area contributed by atoms with E-state index in [9.17, 15) is 20.1 Å². The van der Waals surface area contributed by atoms with E-state index in [1.165, 1.54) is 4.70 Å². The van der Waals surface area contributed by atoms with Gasteiger partial charge in [0.1, 0.15) is 0 Å². The first kappa shape index (κ1) is 24.2. The molecule has 1 aromatic heterocycles. The number of hydrogen-bond donors (Lipinski definition) is 3. The van der Waals surface area contributed by atoms with Crippen LogP contribution >= 0.6 is 11.3 Å². The van der Waals surface area contributed by atoms with Gasteiger partial charge < -0.3 is 20.1 Å². The van der Waals surface area contributed by atoms with Crippen molar-refractivity contribution in [3.8, 4) is 0 Å². The summed E-state index contributed by atoms with van der Waals surface area (Å²) >= 11 is 1.62. The number of unbranched alkanes of at least 4 members (excludes halogenated alkanes) is 3. The SMILES string of the molecule is CCOC(=O)CCCCCC[C@@H]1C(CC[C@@H](O)c2cc3ccccc3s2)[C@H](O)C[C@@H]1O. The normalized spacial score (nSPS) is 24.5. The summed E-state index contributed by atoms with van der Waals surface area (Å²) in [7, 11) is 0. The van der Waals surface area contributed by atoms with Crippen LogP contribution in [-0.2, 0) is 9.53 Å². The van der Waals surface area contributed by atoms with Gasteiger partial charge in [-0.2, -0.15) is 0 Å². The van der Waals surface area contributed by atoms with Gasteiger partial charge >= 0.3 is 5.97 Å². The van der Waals surface area contributed by atoms with Gasteiger partial charge in [0.15, 0.2) is 0 Å². The van der Waals surface area contributed by atoms with Gasteiger partial charge in [0.25, 0.3) is 0 Å². The summed E-state index contributed by atoms with van der Waals surface area (Å²) in [5, 5.41) is 32.8. The summed E-state index contributed by atoms with van der Waals surface area (Å²) in [6.45, 7) is 2.25. The molecule has 0 aliphatic heterocycles. The van der Waals surface area contributed by atoms with Crippen LogP contribution in [0.1, 0.15) is 75.7 Å². The fourth-order valence-electron chi connectivity index (χ4n) is 4.88. The van der Waals surface area contributed by atoms with Crippen molar-refractivity contribution in [1.29, 1.82) is 0 Å². The number of aliphatic hydroxyl groups excluding tert-OH is 3. The molecule has 3 rings (SSSR count). The van der Waals surface area contributed by atoms with Gasteiger partial charge in [0.05, 0.1) is 24.9 Å². The largest absolute Gasteiger partial charge is 0.466 e. The zero-order valence-electron chi connectivity index (χ0n) is 18.4. The molecule has 3 N–H and O–H groups in total. The van der Waals surface area contributed by atoms with E-state index in [2.05, 4.69) is 18.2 Å². The molecule has 0 bridgehead atoms. The van der Waals surface area contributed by atoms with E-state index in [1.807, 2.05) is 19.1 Å². The highest BCUT2D eigenvalue weighted by atomic mass is 32.1. The number of thiophene rings is 1. The molecule has 1 aromatic carbocycles. The Morgan fingerprint density at radius 2 is 1.81 bits per heavy atom. The first-order valence-corrected chi connectivity index (χ1v) is 12.5. The van der Waals surface area contributed by atoms with Crippen LogP contribution in [0.2, 0.25) is 0 Å². The smallest absolute Gasteiger partial charge is 0.305 e. The van der Waals surface area contributed by atoms with Crippen molar-refractivity contribution in [3.05, 3.63) is 35.2 Å². The zero-order chi connectivity index (χ0) is 22.2. The monoisotopic (exact) mass is 448 g/mol. The van der Waals surface area contributed by atoms with Crippen molar-refractivity contribution < 1.29 is 24.9 Å². The lowest BCUT2D eigenvalue weighted by atomic mass is 9.84. The minimum Gasteiger partial charge on any atom is -0.466 e. The highest BCUT2D eigenvalue weighted by molar-refractivity contribution is 7.19. The molecule has 1 fully saturated rings. The molecule has 1 saturated carbocycles. The molecule has 2 aromatic rings. The van der Waals surface area contributed by atoms with E-state index in [4.69, 9.17) is 4.74 Å². The van der Waals surface area contributed by atoms with Crippen molar-refractivity contribution in [3.63, 3.8) is 0 Å². The first-order chi connectivity index (χ1) is 15.0. The first-order valence-electron chi connectivity index (χ1n) is 11.7. The topological polar surface area (TPSA) is 87.0 Å². The van der Waals surface area contributed by atoms with Crippen LogP contribution in [0.3, 0.4) is 0 Å². The Bertz CT molecular complexity index is 786. The van der Waals surface area contributed by atoms with Crippen molar-refractivity contribution in [2.75, 3.05) is 6.61 Å². The Balaban J connectivity index is 1.43. The fourth-order valence-corrected chi connectivity index (χ4v) is 5.96. The van der Waals surface area contributed by atoms with Crippen LogP contribution < -0.4 is 0 Å². The number of benzene rings is 1. The maximum absolute atomic E-state index is 11.4. The van der Waals surface area contributed by atoms with Crippen molar-refractivity contribution in [1.82, 2.24) is 0 Å². The van der Waals surface area contributed by atoms with Gasteiger partial charge in [-0.3, -0.25) is 4.79 Å². The summed E-state index contributed by atoms with van der Waals surface area (Å²) in [4.78, 5) is 12.3. The van der Waals surface area contributed by atoms with Crippen LogP contribution in [0.15, 0.2) is 30.3 Å². The van der Waals surface area contributed by atoms with Gasteiger partial charge in [0, 0.05) is 16.0 Å². The number of esters is 1. The maximum Gasteiger partial charge on any atom is 0.305 e. The second-order valence-corrected chi connectivity index (χ2v) is 9.85. The molecule has 0 saturated heterocycles. The van der Waals surface area contributed by atoms with Crippen LogP contribution in [0.25, 0.3) is 10.1 Å². The molecule has 0 amide bonds. The van der Waals surface area contributed by atoms with Crippen molar-refractivity contribution in [2.45, 2.75) is 83.0 Å². The predicted molar refractivity (Wildman–Crippen MR) is 124 cm³/mol. The second-order valence-electron chi connectivity index (χ2n) is 8.74. The van der Waals surface area contributed by atoms with Crippen molar-refractivity contribution in [2.24, 2.45) is 11.8 Å². The predicted octanol–water partition coefficient (Wildman–Crippen LogP) is 4.98. The lowest BCUT2D eigenvalue weighted by molar-refractivity contribution is -0.143. The third-order valence-corrected chi connectivity index (χ3v) is 7.76. The van der Waals surface area contributed by atoms with E-state index < -0.39 is 18.3 Å². The third kappa shape index (κ3) is 6.75. The molecule has 0 spiro atoms. The zero-order valence-corrected chi connectivity index (χ0v) is 19.2. The second kappa shape index (κ2) is 12.0. The number of hydrogen-bond acceptors (Lipinski definition) is 6. The number of rotatable bonds is 12. The molecule has 31 heavy (non-hydrogen) atoms. The number of aliphatic hydroxyl groups is 3. The molecular weight excluding hydrogens is 412 g/mol. The van der Waals surface area contributed by atoms with E-state index in [0.29, 0.717) is 32.3 Å². The quantitative estimate of drug-likeness (QED) is 0.315. The average molecular weight is 449 g/mol. The van der Waals surface area contributed by atoms with E-state index in [1.54, 1.807) is 11.3 Å². The standard InChI is InChI=1S/C25H36O5S/c1-2-30-25(29)12-6-4-3-5-10-18-19(22(28)16-21(18)27)13-14-20(26)24-15-17-9-7-8-11-23(17)31-24/h7-9,11,15,18-22,26-28H,2-6,10,12-14,16H2,1H3/t18-,19?,20-,21+,22-/m1/s1. The Labute approximate surface area is 189 Å². The van der Waals surface area contributed by atoms with Gasteiger partial charge in [-0.15, -0.1) is 11.3 Å². The van der Waals surface area contributed by atoms with E-state index in [0.717, 1.165) is 42.4 Å². The molecule has 1 aliphatic rings. The summed E-state index contributed by atoms with van der Waals surface area (Å²) in [5.41, 5.74) is 0. The average Bonchev–Trinajstić information content (AvgIpc) is 3.29. The Morgan fingerprint density at radius 3 is 2.55 bits per heavy atom. The lowest BCUT2D eigenvalue weighted by Crippen LogP contribution is -2.23. The van der Waals surface area contributed by atoms with Crippen LogP contribution in [0.5, 0.6) is 0 Å². The minimum absolute atomic E-state index is 0.0264. The van der Waals surface area contributed by atoms with Gasteiger partial charge in [-0.25, -0.2) is 0 Å². The van der Waals surface area contributed by atoms with E-state index in [-0.39, 0.29) is 17.8 Å². The van der Waals surface area contributed by atoms with Gasteiger partial charge in [-0.1, -0.05) is 37.5 Å². The van der Waals surface area contributed by atoms with Crippen LogP contribution in [0.4, 0.5) is 0 Å². The van der Waals surface area contributed by atoms with Gasteiger partial charge in [0.2, 0.25) is 0 Å².